The molecule has 0 unspecified atom stereocenters. The van der Waals surface area contributed by atoms with Crippen molar-refractivity contribution >= 4 is 54.1 Å². The van der Waals surface area contributed by atoms with Crippen LogP contribution >= 0.6 is 22.7 Å². The van der Waals surface area contributed by atoms with E-state index in [0.717, 1.165) is 41.5 Å². The van der Waals surface area contributed by atoms with Gasteiger partial charge in [-0.05, 0) is 13.8 Å². The molecule has 0 bridgehead atoms. The summed E-state index contributed by atoms with van der Waals surface area (Å²) in [6.07, 6.45) is 3.47. The summed E-state index contributed by atoms with van der Waals surface area (Å²) < 4.78 is 2.18. The van der Waals surface area contributed by atoms with Crippen LogP contribution in [0.3, 0.4) is 0 Å². The van der Waals surface area contributed by atoms with Crippen molar-refractivity contribution in [2.45, 2.75) is 13.8 Å². The van der Waals surface area contributed by atoms with Crippen LogP contribution in [0.2, 0.25) is 0 Å². The van der Waals surface area contributed by atoms with Crippen molar-refractivity contribution < 1.29 is 0 Å². The Balaban J connectivity index is 2.44. The summed E-state index contributed by atoms with van der Waals surface area (Å²) in [4.78, 5) is 18.1. The Labute approximate surface area is 110 Å². The molecule has 6 heteroatoms. The highest BCUT2D eigenvalue weighted by molar-refractivity contribution is 7.21. The van der Waals surface area contributed by atoms with E-state index >= 15 is 0 Å². The Kier molecular flexibility index (Phi) is 1.96. The molecule has 0 aliphatic carbocycles. The van der Waals surface area contributed by atoms with Gasteiger partial charge >= 0.3 is 0 Å². The Morgan fingerprint density at radius 2 is 1.17 bits per heavy atom. The van der Waals surface area contributed by atoms with E-state index in [-0.39, 0.29) is 0 Å². The molecule has 18 heavy (non-hydrogen) atoms. The second kappa shape index (κ2) is 3.43. The highest BCUT2D eigenvalue weighted by Crippen LogP contribution is 2.37. The first kappa shape index (κ1) is 10.3. The van der Waals surface area contributed by atoms with E-state index in [0.29, 0.717) is 0 Å². The number of aryl methyl sites for hydroxylation is 2. The van der Waals surface area contributed by atoms with Gasteiger partial charge in [0.1, 0.15) is 22.1 Å². The van der Waals surface area contributed by atoms with Crippen molar-refractivity contribution in [2.75, 3.05) is 0 Å². The van der Waals surface area contributed by atoms with Crippen LogP contribution in [-0.4, -0.2) is 19.9 Å². The van der Waals surface area contributed by atoms with Crippen molar-refractivity contribution in [2.24, 2.45) is 0 Å². The molecule has 0 saturated carbocycles. The maximum Gasteiger partial charge on any atom is 0.111 e. The lowest BCUT2D eigenvalue weighted by Crippen LogP contribution is -1.84. The molecule has 3 aromatic heterocycles. The topological polar surface area (TPSA) is 51.6 Å². The van der Waals surface area contributed by atoms with Gasteiger partial charge in [0.25, 0.3) is 0 Å². The quantitative estimate of drug-likeness (QED) is 0.492. The van der Waals surface area contributed by atoms with Gasteiger partial charge in [-0.2, -0.15) is 0 Å². The van der Waals surface area contributed by atoms with E-state index < -0.39 is 0 Å². The smallest absolute Gasteiger partial charge is 0.111 e. The van der Waals surface area contributed by atoms with Crippen molar-refractivity contribution in [1.29, 1.82) is 0 Å². The highest BCUT2D eigenvalue weighted by atomic mass is 32.1. The molecular weight excluding hydrogens is 264 g/mol. The molecule has 88 valence electrons. The van der Waals surface area contributed by atoms with Gasteiger partial charge in [0, 0.05) is 12.4 Å². The molecule has 0 N–H and O–H groups in total. The predicted octanol–water partition coefficient (Wildman–Crippen LogP) is 3.47. The number of hydrogen-bond acceptors (Lipinski definition) is 6. The van der Waals surface area contributed by atoms with Gasteiger partial charge in [0.15, 0.2) is 0 Å². The number of thiazole rings is 2. The molecule has 0 aliphatic rings. The third-order valence-electron chi connectivity index (χ3n) is 2.82. The summed E-state index contributed by atoms with van der Waals surface area (Å²) >= 11 is 3.31. The first-order valence-corrected chi connectivity index (χ1v) is 7.14. The summed E-state index contributed by atoms with van der Waals surface area (Å²) in [5.41, 5.74) is 3.80. The maximum atomic E-state index is 4.60. The molecule has 0 fully saturated rings. The number of benzene rings is 1. The molecule has 0 aliphatic heterocycles. The van der Waals surface area contributed by atoms with E-state index in [9.17, 15) is 0 Å². The molecule has 3 heterocycles. The van der Waals surface area contributed by atoms with Crippen LogP contribution in [0.1, 0.15) is 10.0 Å². The zero-order valence-electron chi connectivity index (χ0n) is 9.76. The second-order valence-corrected chi connectivity index (χ2v) is 6.48. The molecule has 4 nitrogen and oxygen atoms in total. The number of rotatable bonds is 0. The number of fused-ring (bicyclic) bond motifs is 6. The fraction of sp³-hybridized carbons (Fsp3) is 0.167. The standard InChI is InChI=1S/C12H8N4S2/c1-5-15-9-10-12(18-6(2)16-10)8-7(11(9)17-5)13-3-4-14-8/h3-4H,1-2H3. The molecule has 4 rings (SSSR count). The average Bonchev–Trinajstić information content (AvgIpc) is 2.92. The molecule has 0 atom stereocenters. The summed E-state index contributed by atoms with van der Waals surface area (Å²) in [5.74, 6) is 0. The van der Waals surface area contributed by atoms with Gasteiger partial charge in [0.05, 0.1) is 19.4 Å². The molecule has 0 saturated heterocycles. The Morgan fingerprint density at radius 1 is 0.722 bits per heavy atom. The molecule has 0 amide bonds. The lowest BCUT2D eigenvalue weighted by atomic mass is 10.2. The summed E-state index contributed by atoms with van der Waals surface area (Å²) in [6, 6.07) is 0. The third-order valence-corrected chi connectivity index (χ3v) is 4.78. The molecular formula is C12H8N4S2. The minimum atomic E-state index is 0.939. The van der Waals surface area contributed by atoms with Gasteiger partial charge in [-0.25, -0.2) is 9.97 Å². The minimum absolute atomic E-state index is 0.939. The van der Waals surface area contributed by atoms with Crippen LogP contribution in [0.4, 0.5) is 0 Å². The van der Waals surface area contributed by atoms with Gasteiger partial charge in [-0.1, -0.05) is 0 Å². The van der Waals surface area contributed by atoms with Crippen LogP contribution < -0.4 is 0 Å². The monoisotopic (exact) mass is 272 g/mol. The second-order valence-electron chi connectivity index (χ2n) is 4.07. The lowest BCUT2D eigenvalue weighted by Gasteiger charge is -1.97. The van der Waals surface area contributed by atoms with Gasteiger partial charge in [-0.15, -0.1) is 22.7 Å². The van der Waals surface area contributed by atoms with Gasteiger partial charge in [-0.3, -0.25) is 9.97 Å². The summed E-state index contributed by atoms with van der Waals surface area (Å²) in [5, 5.41) is 2.07. The normalized spacial score (nSPS) is 11.9. The van der Waals surface area contributed by atoms with Crippen molar-refractivity contribution in [1.82, 2.24) is 19.9 Å². The summed E-state index contributed by atoms with van der Waals surface area (Å²) in [6.45, 7) is 4.02. The van der Waals surface area contributed by atoms with E-state index in [1.807, 2.05) is 13.8 Å². The van der Waals surface area contributed by atoms with Crippen molar-refractivity contribution in [3.8, 4) is 0 Å². The van der Waals surface area contributed by atoms with Gasteiger partial charge < -0.3 is 0 Å². The van der Waals surface area contributed by atoms with Crippen LogP contribution in [-0.2, 0) is 0 Å². The third kappa shape index (κ3) is 1.24. The number of aromatic nitrogens is 4. The highest BCUT2D eigenvalue weighted by Gasteiger charge is 2.16. The van der Waals surface area contributed by atoms with E-state index in [4.69, 9.17) is 0 Å². The minimum Gasteiger partial charge on any atom is -0.251 e. The number of hydrogen-bond donors (Lipinski definition) is 0. The average molecular weight is 272 g/mol. The van der Waals surface area contributed by atoms with Crippen LogP contribution in [0, 0.1) is 13.8 Å². The Hall–Kier alpha value is -1.66. The van der Waals surface area contributed by atoms with Crippen molar-refractivity contribution in [3.63, 3.8) is 0 Å². The molecule has 0 radical (unpaired) electrons. The van der Waals surface area contributed by atoms with Crippen LogP contribution in [0.15, 0.2) is 12.4 Å². The largest absolute Gasteiger partial charge is 0.251 e. The van der Waals surface area contributed by atoms with E-state index in [2.05, 4.69) is 19.9 Å². The van der Waals surface area contributed by atoms with E-state index in [1.54, 1.807) is 35.1 Å². The molecule has 1 aromatic carbocycles. The van der Waals surface area contributed by atoms with Gasteiger partial charge in [0.2, 0.25) is 0 Å². The SMILES string of the molecule is Cc1nc2c3nc(C)sc3c3nccnc3c2s1. The fourth-order valence-corrected chi connectivity index (χ4v) is 4.00. The molecule has 0 spiro atoms. The van der Waals surface area contributed by atoms with Crippen molar-refractivity contribution in [3.05, 3.63) is 22.4 Å². The lowest BCUT2D eigenvalue weighted by molar-refractivity contribution is 1.30. The zero-order valence-corrected chi connectivity index (χ0v) is 11.4. The van der Waals surface area contributed by atoms with Crippen LogP contribution in [0.5, 0.6) is 0 Å². The predicted molar refractivity (Wildman–Crippen MR) is 75.4 cm³/mol. The van der Waals surface area contributed by atoms with Crippen LogP contribution in [0.25, 0.3) is 31.5 Å². The molecule has 4 aromatic rings. The number of nitrogens with zero attached hydrogens (tertiary/aromatic N) is 4. The first-order valence-electron chi connectivity index (χ1n) is 5.51. The first-order chi connectivity index (χ1) is 8.74. The maximum absolute atomic E-state index is 4.60. The Bertz CT molecular complexity index is 832. The Morgan fingerprint density at radius 3 is 1.61 bits per heavy atom. The zero-order chi connectivity index (χ0) is 12.3. The summed E-state index contributed by atoms with van der Waals surface area (Å²) in [7, 11) is 0. The van der Waals surface area contributed by atoms with E-state index in [1.165, 1.54) is 0 Å². The fourth-order valence-electron chi connectivity index (χ4n) is 2.17.